The number of rotatable bonds is 4. The van der Waals surface area contributed by atoms with Crippen molar-refractivity contribution in [1.82, 2.24) is 0 Å². The summed E-state index contributed by atoms with van der Waals surface area (Å²) >= 11 is 6.03. The maximum Gasteiger partial charge on any atom is 0.201 e. The van der Waals surface area contributed by atoms with Gasteiger partial charge in [0, 0.05) is 5.56 Å². The molecular formula is C15H13ClO2. The molecule has 0 bridgehead atoms. The van der Waals surface area contributed by atoms with E-state index in [-0.39, 0.29) is 12.4 Å². The van der Waals surface area contributed by atoms with Crippen LogP contribution in [0, 0.1) is 6.92 Å². The molecule has 2 aromatic carbocycles. The highest BCUT2D eigenvalue weighted by molar-refractivity contribution is 6.34. The Morgan fingerprint density at radius 2 is 1.83 bits per heavy atom. The minimum absolute atomic E-state index is 0.00537. The van der Waals surface area contributed by atoms with Gasteiger partial charge in [-0.15, -0.1) is 0 Å². The molecule has 92 valence electrons. The average molecular weight is 261 g/mol. The van der Waals surface area contributed by atoms with Gasteiger partial charge in [0.25, 0.3) is 0 Å². The molecule has 0 aliphatic rings. The molecule has 3 heteroatoms. The van der Waals surface area contributed by atoms with E-state index in [1.165, 1.54) is 0 Å². The topological polar surface area (TPSA) is 26.3 Å². The lowest BCUT2D eigenvalue weighted by Crippen LogP contribution is -2.13. The first-order valence-corrected chi connectivity index (χ1v) is 6.02. The Kier molecular flexibility index (Phi) is 4.00. The lowest BCUT2D eigenvalue weighted by atomic mass is 10.1. The summed E-state index contributed by atoms with van der Waals surface area (Å²) in [6.45, 7) is 1.86. The summed E-state index contributed by atoms with van der Waals surface area (Å²) in [6, 6.07) is 14.6. The molecule has 0 aliphatic heterocycles. The zero-order valence-electron chi connectivity index (χ0n) is 10.0. The second kappa shape index (κ2) is 5.69. The van der Waals surface area contributed by atoms with Gasteiger partial charge in [0.05, 0.1) is 5.02 Å². The van der Waals surface area contributed by atoms with E-state index in [0.29, 0.717) is 16.3 Å². The molecule has 0 aliphatic carbocycles. The van der Waals surface area contributed by atoms with Crippen LogP contribution in [0.2, 0.25) is 5.02 Å². The Labute approximate surface area is 111 Å². The minimum atomic E-state index is -0.109. The number of carbonyl (C=O) groups is 1. The quantitative estimate of drug-likeness (QED) is 0.779. The summed E-state index contributed by atoms with van der Waals surface area (Å²) in [5.41, 5.74) is 1.40. The first kappa shape index (κ1) is 12.7. The molecule has 0 fully saturated rings. The number of halogens is 1. The summed E-state index contributed by atoms with van der Waals surface area (Å²) in [6.07, 6.45) is 0. The summed E-state index contributed by atoms with van der Waals surface area (Å²) in [4.78, 5) is 12.1. The van der Waals surface area contributed by atoms with Crippen molar-refractivity contribution in [2.45, 2.75) is 6.92 Å². The van der Waals surface area contributed by atoms with Crippen molar-refractivity contribution < 1.29 is 9.53 Å². The Morgan fingerprint density at radius 1 is 1.11 bits per heavy atom. The van der Waals surface area contributed by atoms with Crippen LogP contribution in [0.3, 0.4) is 0 Å². The van der Waals surface area contributed by atoms with E-state index in [0.717, 1.165) is 5.56 Å². The van der Waals surface area contributed by atoms with Gasteiger partial charge in [-0.3, -0.25) is 4.79 Å². The molecule has 0 saturated carbocycles. The van der Waals surface area contributed by atoms with E-state index in [9.17, 15) is 4.79 Å². The monoisotopic (exact) mass is 260 g/mol. The van der Waals surface area contributed by atoms with Crippen LogP contribution in [0.15, 0.2) is 48.5 Å². The minimum Gasteiger partial charge on any atom is -0.485 e. The average Bonchev–Trinajstić information content (AvgIpc) is 2.37. The van der Waals surface area contributed by atoms with Crippen molar-refractivity contribution in [3.8, 4) is 5.75 Å². The number of ketones is 1. The summed E-state index contributed by atoms with van der Waals surface area (Å²) in [5.74, 6) is 0.567. The van der Waals surface area contributed by atoms with E-state index >= 15 is 0 Å². The van der Waals surface area contributed by atoms with Gasteiger partial charge in [-0.05, 0) is 30.7 Å². The van der Waals surface area contributed by atoms with Gasteiger partial charge in [0.2, 0.25) is 5.78 Å². The molecule has 0 unspecified atom stereocenters. The molecular weight excluding hydrogens is 248 g/mol. The number of hydrogen-bond acceptors (Lipinski definition) is 2. The van der Waals surface area contributed by atoms with E-state index in [1.54, 1.807) is 6.07 Å². The van der Waals surface area contributed by atoms with Crippen LogP contribution in [0.5, 0.6) is 5.75 Å². The van der Waals surface area contributed by atoms with Crippen molar-refractivity contribution in [2.24, 2.45) is 0 Å². The van der Waals surface area contributed by atoms with Crippen molar-refractivity contribution >= 4 is 17.4 Å². The van der Waals surface area contributed by atoms with Gasteiger partial charge in [-0.2, -0.15) is 0 Å². The molecule has 0 N–H and O–H groups in total. The Morgan fingerprint density at radius 3 is 2.50 bits per heavy atom. The van der Waals surface area contributed by atoms with E-state index in [1.807, 2.05) is 49.4 Å². The number of benzene rings is 2. The molecule has 0 radical (unpaired) electrons. The number of Topliss-reactive ketones (excluding diaryl/α,β-unsaturated/α-hetero) is 1. The standard InChI is InChI=1S/C15H13ClO2/c1-11-6-5-9-13(16)15(11)14(17)10-18-12-7-3-2-4-8-12/h2-9H,10H2,1H3. The third-order valence-corrected chi connectivity index (χ3v) is 2.93. The highest BCUT2D eigenvalue weighted by atomic mass is 35.5. The Hall–Kier alpha value is -1.80. The maximum atomic E-state index is 12.1. The van der Waals surface area contributed by atoms with Gasteiger partial charge in [0.15, 0.2) is 6.61 Å². The molecule has 0 aromatic heterocycles. The van der Waals surface area contributed by atoms with Crippen molar-refractivity contribution in [2.75, 3.05) is 6.61 Å². The number of para-hydroxylation sites is 1. The molecule has 0 heterocycles. The maximum absolute atomic E-state index is 12.1. The number of ether oxygens (including phenoxy) is 1. The van der Waals surface area contributed by atoms with Crippen molar-refractivity contribution in [3.63, 3.8) is 0 Å². The van der Waals surface area contributed by atoms with Gasteiger partial charge >= 0.3 is 0 Å². The van der Waals surface area contributed by atoms with E-state index in [4.69, 9.17) is 16.3 Å². The van der Waals surface area contributed by atoms with Gasteiger partial charge in [0.1, 0.15) is 5.75 Å². The van der Waals surface area contributed by atoms with Crippen LogP contribution in [0.1, 0.15) is 15.9 Å². The van der Waals surface area contributed by atoms with Crippen LogP contribution < -0.4 is 4.74 Å². The molecule has 2 aromatic rings. The molecule has 0 saturated heterocycles. The number of aryl methyl sites for hydroxylation is 1. The van der Waals surface area contributed by atoms with Crippen LogP contribution in [-0.4, -0.2) is 12.4 Å². The van der Waals surface area contributed by atoms with Crippen LogP contribution in [-0.2, 0) is 0 Å². The lowest BCUT2D eigenvalue weighted by Gasteiger charge is -2.08. The largest absolute Gasteiger partial charge is 0.485 e. The van der Waals surface area contributed by atoms with Crippen molar-refractivity contribution in [3.05, 3.63) is 64.7 Å². The first-order valence-electron chi connectivity index (χ1n) is 5.64. The van der Waals surface area contributed by atoms with Crippen molar-refractivity contribution in [1.29, 1.82) is 0 Å². The van der Waals surface area contributed by atoms with Gasteiger partial charge in [-0.25, -0.2) is 0 Å². The molecule has 2 rings (SSSR count). The predicted octanol–water partition coefficient (Wildman–Crippen LogP) is 3.91. The molecule has 2 nitrogen and oxygen atoms in total. The Balaban J connectivity index is 2.09. The van der Waals surface area contributed by atoms with Gasteiger partial charge in [-0.1, -0.05) is 41.9 Å². The van der Waals surface area contributed by atoms with Crippen LogP contribution in [0.25, 0.3) is 0 Å². The molecule has 0 amide bonds. The zero-order valence-corrected chi connectivity index (χ0v) is 10.8. The fraction of sp³-hybridized carbons (Fsp3) is 0.133. The molecule has 0 spiro atoms. The summed E-state index contributed by atoms with van der Waals surface area (Å²) < 4.78 is 5.42. The number of hydrogen-bond donors (Lipinski definition) is 0. The van der Waals surface area contributed by atoms with Crippen LogP contribution >= 0.6 is 11.6 Å². The normalized spacial score (nSPS) is 10.1. The second-order valence-electron chi connectivity index (χ2n) is 3.96. The highest BCUT2D eigenvalue weighted by Gasteiger charge is 2.13. The third-order valence-electron chi connectivity index (χ3n) is 2.61. The SMILES string of the molecule is Cc1cccc(Cl)c1C(=O)COc1ccccc1. The summed E-state index contributed by atoms with van der Waals surface area (Å²) in [7, 11) is 0. The van der Waals surface area contributed by atoms with E-state index < -0.39 is 0 Å². The molecule has 18 heavy (non-hydrogen) atoms. The lowest BCUT2D eigenvalue weighted by molar-refractivity contribution is 0.0921. The number of carbonyl (C=O) groups excluding carboxylic acids is 1. The third kappa shape index (κ3) is 2.90. The Bertz CT molecular complexity index is 529. The van der Waals surface area contributed by atoms with Gasteiger partial charge < -0.3 is 4.74 Å². The van der Waals surface area contributed by atoms with E-state index in [2.05, 4.69) is 0 Å². The highest BCUT2D eigenvalue weighted by Crippen LogP contribution is 2.20. The second-order valence-corrected chi connectivity index (χ2v) is 4.36. The smallest absolute Gasteiger partial charge is 0.201 e. The van der Waals surface area contributed by atoms with Crippen LogP contribution in [0.4, 0.5) is 0 Å². The first-order chi connectivity index (χ1) is 8.68. The fourth-order valence-corrected chi connectivity index (χ4v) is 2.05. The molecule has 0 atom stereocenters. The summed E-state index contributed by atoms with van der Waals surface area (Å²) in [5, 5.41) is 0.469. The zero-order chi connectivity index (χ0) is 13.0. The predicted molar refractivity (Wildman–Crippen MR) is 72.5 cm³/mol. The fourth-order valence-electron chi connectivity index (χ4n) is 1.72.